The van der Waals surface area contributed by atoms with Crippen molar-refractivity contribution in [3.05, 3.63) is 0 Å². The predicted octanol–water partition coefficient (Wildman–Crippen LogP) is 2.89. The van der Waals surface area contributed by atoms with E-state index in [4.69, 9.17) is 5.11 Å². The summed E-state index contributed by atoms with van der Waals surface area (Å²) in [6.45, 7) is 1.60. The third kappa shape index (κ3) is 13.9. The van der Waals surface area contributed by atoms with Crippen LogP contribution in [0.4, 0.5) is 0 Å². The lowest BCUT2D eigenvalue weighted by molar-refractivity contribution is 0.282. The van der Waals surface area contributed by atoms with Gasteiger partial charge in [0.15, 0.2) is 0 Å². The summed E-state index contributed by atoms with van der Waals surface area (Å²) in [5.74, 6) is 0. The van der Waals surface area contributed by atoms with E-state index >= 15 is 0 Å². The molecule has 91 valence electrons. The zero-order valence-electron chi connectivity index (χ0n) is 10.7. The highest BCUT2D eigenvalue weighted by Crippen LogP contribution is 2.09. The van der Waals surface area contributed by atoms with Crippen molar-refractivity contribution < 1.29 is 5.11 Å². The second kappa shape index (κ2) is 12.0. The molecule has 2 nitrogen and oxygen atoms in total. The molecule has 0 aromatic heterocycles. The molecule has 0 aromatic rings. The Hall–Kier alpha value is -0.0800. The first-order valence-corrected chi connectivity index (χ1v) is 6.53. The zero-order chi connectivity index (χ0) is 11.4. The standard InChI is InChI=1S/C13H29NO/c1-14(2)12-10-8-6-4-3-5-7-9-11-13-15/h15H,3-13H2,1-2H3/q+1. The van der Waals surface area contributed by atoms with E-state index in [2.05, 4.69) is 19.0 Å². The lowest BCUT2D eigenvalue weighted by Gasteiger charge is -2.02. The molecule has 0 heterocycles. The molecule has 0 aromatic carbocycles. The van der Waals surface area contributed by atoms with Gasteiger partial charge >= 0.3 is 0 Å². The van der Waals surface area contributed by atoms with Crippen LogP contribution in [-0.2, 0) is 0 Å². The van der Waals surface area contributed by atoms with Crippen LogP contribution < -0.4 is 4.90 Å². The van der Waals surface area contributed by atoms with Crippen LogP contribution in [0, 0.1) is 0 Å². The molecule has 0 atom stereocenters. The summed E-state index contributed by atoms with van der Waals surface area (Å²) < 4.78 is 0. The maximum Gasteiger partial charge on any atom is 0.122 e. The van der Waals surface area contributed by atoms with E-state index in [1.807, 2.05) is 0 Å². The number of aliphatic hydroxyl groups is 1. The highest BCUT2D eigenvalue weighted by atomic mass is 16.2. The topological polar surface area (TPSA) is 26.1 Å². The molecule has 0 saturated carbocycles. The van der Waals surface area contributed by atoms with Crippen molar-refractivity contribution in [3.63, 3.8) is 0 Å². The summed E-state index contributed by atoms with van der Waals surface area (Å²) in [6.07, 6.45) is 11.8. The molecular formula is C13H29NO+. The Labute approximate surface area is 95.7 Å². The molecule has 0 unspecified atom stereocenters. The van der Waals surface area contributed by atoms with E-state index in [9.17, 15) is 0 Å². The first-order valence-electron chi connectivity index (χ1n) is 6.53. The van der Waals surface area contributed by atoms with E-state index in [1.165, 1.54) is 57.9 Å². The summed E-state index contributed by atoms with van der Waals surface area (Å²) in [5.41, 5.74) is 0. The molecule has 0 aliphatic rings. The first-order chi connectivity index (χ1) is 7.27. The van der Waals surface area contributed by atoms with Crippen LogP contribution in [0.3, 0.4) is 0 Å². The van der Waals surface area contributed by atoms with Gasteiger partial charge in [0.2, 0.25) is 0 Å². The van der Waals surface area contributed by atoms with E-state index < -0.39 is 0 Å². The monoisotopic (exact) mass is 215 g/mol. The number of rotatable bonds is 11. The quantitative estimate of drug-likeness (QED) is 0.416. The van der Waals surface area contributed by atoms with Crippen LogP contribution in [0.15, 0.2) is 0 Å². The fourth-order valence-corrected chi connectivity index (χ4v) is 1.78. The third-order valence-corrected chi connectivity index (χ3v) is 2.76. The fraction of sp³-hybridized carbons (Fsp3) is 1.00. The molecule has 15 heavy (non-hydrogen) atoms. The maximum atomic E-state index is 8.61. The van der Waals surface area contributed by atoms with E-state index in [-0.39, 0.29) is 0 Å². The van der Waals surface area contributed by atoms with Crippen LogP contribution in [0.1, 0.15) is 57.8 Å². The highest BCUT2D eigenvalue weighted by molar-refractivity contribution is 4.51. The van der Waals surface area contributed by atoms with Crippen molar-refractivity contribution in [1.82, 2.24) is 4.90 Å². The number of hydrogen-bond acceptors (Lipinski definition) is 2. The minimum atomic E-state index is 0.366. The molecule has 0 aliphatic carbocycles. The second-order valence-corrected chi connectivity index (χ2v) is 4.71. The Morgan fingerprint density at radius 3 is 1.47 bits per heavy atom. The Morgan fingerprint density at radius 1 is 0.667 bits per heavy atom. The van der Waals surface area contributed by atoms with Crippen molar-refractivity contribution in [2.24, 2.45) is 0 Å². The molecule has 0 aliphatic heterocycles. The summed E-state index contributed by atoms with van der Waals surface area (Å²) in [4.78, 5) is 2.26. The first kappa shape index (κ1) is 14.9. The molecule has 0 saturated heterocycles. The van der Waals surface area contributed by atoms with Crippen molar-refractivity contribution in [2.75, 3.05) is 27.2 Å². The third-order valence-electron chi connectivity index (χ3n) is 2.76. The normalized spacial score (nSPS) is 11.2. The average Bonchev–Trinajstić information content (AvgIpc) is 2.20. The minimum Gasteiger partial charge on any atom is -0.396 e. The van der Waals surface area contributed by atoms with Gasteiger partial charge in [0.25, 0.3) is 0 Å². The van der Waals surface area contributed by atoms with E-state index in [0.717, 1.165) is 6.42 Å². The van der Waals surface area contributed by atoms with Crippen molar-refractivity contribution in [1.29, 1.82) is 0 Å². The SMILES string of the molecule is C[N+](C)CCCCCCCCCCCO. The van der Waals surface area contributed by atoms with Gasteiger partial charge in [-0.2, -0.15) is 4.90 Å². The molecule has 0 amide bonds. The average molecular weight is 215 g/mol. The van der Waals surface area contributed by atoms with Gasteiger partial charge in [0.1, 0.15) is 20.6 Å². The summed E-state index contributed by atoms with van der Waals surface area (Å²) in [5, 5.41) is 8.61. The molecule has 1 radical (unpaired) electrons. The molecule has 0 spiro atoms. The number of hydrogen-bond donors (Lipinski definition) is 1. The molecule has 1 N–H and O–H groups in total. The Bertz CT molecular complexity index is 115. The van der Waals surface area contributed by atoms with Gasteiger partial charge in [-0.1, -0.05) is 38.5 Å². The van der Waals surface area contributed by atoms with Crippen LogP contribution in [-0.4, -0.2) is 32.4 Å². The van der Waals surface area contributed by atoms with Crippen LogP contribution in [0.5, 0.6) is 0 Å². The number of aliphatic hydroxyl groups excluding tert-OH is 1. The maximum absolute atomic E-state index is 8.61. The summed E-state index contributed by atoms with van der Waals surface area (Å²) >= 11 is 0. The summed E-state index contributed by atoms with van der Waals surface area (Å²) in [6, 6.07) is 0. The van der Waals surface area contributed by atoms with Crippen molar-refractivity contribution in [3.8, 4) is 0 Å². The predicted molar refractivity (Wildman–Crippen MR) is 67.5 cm³/mol. The van der Waals surface area contributed by atoms with E-state index in [0.29, 0.717) is 6.61 Å². The molecule has 0 rings (SSSR count). The van der Waals surface area contributed by atoms with Gasteiger partial charge < -0.3 is 5.11 Å². The van der Waals surface area contributed by atoms with Crippen molar-refractivity contribution >= 4 is 0 Å². The minimum absolute atomic E-state index is 0.366. The lowest BCUT2D eigenvalue weighted by atomic mass is 10.1. The lowest BCUT2D eigenvalue weighted by Crippen LogP contribution is -2.19. The number of unbranched alkanes of at least 4 members (excludes halogenated alkanes) is 8. The Balaban J connectivity index is 2.87. The van der Waals surface area contributed by atoms with Crippen LogP contribution >= 0.6 is 0 Å². The molecular weight excluding hydrogens is 186 g/mol. The molecule has 0 fully saturated rings. The van der Waals surface area contributed by atoms with Gasteiger partial charge in [-0.15, -0.1) is 0 Å². The van der Waals surface area contributed by atoms with Gasteiger partial charge in [-0.3, -0.25) is 0 Å². The van der Waals surface area contributed by atoms with Crippen LogP contribution in [0.25, 0.3) is 0 Å². The summed E-state index contributed by atoms with van der Waals surface area (Å²) in [7, 11) is 4.28. The van der Waals surface area contributed by atoms with Crippen LogP contribution in [0.2, 0.25) is 0 Å². The zero-order valence-corrected chi connectivity index (χ0v) is 10.7. The van der Waals surface area contributed by atoms with Gasteiger partial charge in [0.05, 0.1) is 0 Å². The van der Waals surface area contributed by atoms with Gasteiger partial charge in [-0.05, 0) is 12.8 Å². The van der Waals surface area contributed by atoms with Gasteiger partial charge in [0, 0.05) is 13.0 Å². The molecule has 0 bridgehead atoms. The second-order valence-electron chi connectivity index (χ2n) is 4.71. The van der Waals surface area contributed by atoms with E-state index in [1.54, 1.807) is 0 Å². The Morgan fingerprint density at radius 2 is 1.07 bits per heavy atom. The largest absolute Gasteiger partial charge is 0.396 e. The number of nitrogens with zero attached hydrogens (tertiary/aromatic N) is 1. The van der Waals surface area contributed by atoms with Gasteiger partial charge in [-0.25, -0.2) is 0 Å². The Kier molecular flexibility index (Phi) is 11.9. The highest BCUT2D eigenvalue weighted by Gasteiger charge is 1.98. The molecule has 2 heteroatoms. The fourth-order valence-electron chi connectivity index (χ4n) is 1.78. The van der Waals surface area contributed by atoms with Crippen molar-refractivity contribution in [2.45, 2.75) is 57.8 Å². The smallest absolute Gasteiger partial charge is 0.122 e.